The maximum Gasteiger partial charge on any atom is 0.321 e. The molecule has 0 aromatic rings. The summed E-state index contributed by atoms with van der Waals surface area (Å²) in [5.74, 6) is -1.89. The summed E-state index contributed by atoms with van der Waals surface area (Å²) in [6.07, 6.45) is 0.162. The van der Waals surface area contributed by atoms with Gasteiger partial charge < -0.3 is 5.11 Å². The fraction of sp³-hybridized carbons (Fsp3) is 0.900. The van der Waals surface area contributed by atoms with Crippen molar-refractivity contribution in [1.82, 2.24) is 9.44 Å². The number of carboxylic acid groups (broad SMARTS) is 1. The largest absolute Gasteiger partial charge is 0.480 e. The number of hydrogen-bond acceptors (Lipinski definition) is 5. The molecular weight excluding hydrogens is 308 g/mol. The van der Waals surface area contributed by atoms with Gasteiger partial charge in [0.2, 0.25) is 20.0 Å². The van der Waals surface area contributed by atoms with E-state index < -0.39 is 37.8 Å². The lowest BCUT2D eigenvalue weighted by Gasteiger charge is -2.16. The predicted octanol–water partition coefficient (Wildman–Crippen LogP) is -0.656. The van der Waals surface area contributed by atoms with E-state index in [4.69, 9.17) is 5.11 Å². The Morgan fingerprint density at radius 1 is 1.15 bits per heavy atom. The van der Waals surface area contributed by atoms with Gasteiger partial charge in [-0.2, -0.15) is 0 Å². The Morgan fingerprint density at radius 2 is 1.70 bits per heavy atom. The highest BCUT2D eigenvalue weighted by Crippen LogP contribution is 2.06. The average Bonchev–Trinajstić information content (AvgIpc) is 2.26. The van der Waals surface area contributed by atoms with Crippen LogP contribution in [0.25, 0.3) is 0 Å². The van der Waals surface area contributed by atoms with E-state index in [9.17, 15) is 21.6 Å². The van der Waals surface area contributed by atoms with Crippen LogP contribution in [0.1, 0.15) is 27.2 Å². The molecule has 0 heterocycles. The van der Waals surface area contributed by atoms with Gasteiger partial charge in [0.25, 0.3) is 0 Å². The summed E-state index contributed by atoms with van der Waals surface area (Å²) in [6, 6.07) is -1.21. The van der Waals surface area contributed by atoms with Crippen LogP contribution < -0.4 is 9.44 Å². The lowest BCUT2D eigenvalue weighted by atomic mass is 10.1. The van der Waals surface area contributed by atoms with E-state index in [1.54, 1.807) is 13.8 Å². The van der Waals surface area contributed by atoms with Crippen LogP contribution in [0.2, 0.25) is 0 Å². The second-order valence-electron chi connectivity index (χ2n) is 4.75. The molecule has 10 heteroatoms. The molecule has 0 rings (SSSR count). The van der Waals surface area contributed by atoms with Gasteiger partial charge in [0.15, 0.2) is 0 Å². The molecule has 0 aliphatic rings. The van der Waals surface area contributed by atoms with Crippen molar-refractivity contribution in [2.24, 2.45) is 5.92 Å². The van der Waals surface area contributed by atoms with Crippen molar-refractivity contribution in [1.29, 1.82) is 0 Å². The van der Waals surface area contributed by atoms with Gasteiger partial charge in [-0.3, -0.25) is 4.79 Å². The Hall–Kier alpha value is -0.710. The fourth-order valence-electron chi connectivity index (χ4n) is 1.38. The summed E-state index contributed by atoms with van der Waals surface area (Å²) in [5, 5.41) is 8.94. The minimum Gasteiger partial charge on any atom is -0.480 e. The molecule has 3 N–H and O–H groups in total. The highest BCUT2D eigenvalue weighted by atomic mass is 32.2. The smallest absolute Gasteiger partial charge is 0.321 e. The van der Waals surface area contributed by atoms with Crippen LogP contribution in [-0.4, -0.2) is 52.0 Å². The van der Waals surface area contributed by atoms with Crippen molar-refractivity contribution in [3.05, 3.63) is 0 Å². The van der Waals surface area contributed by atoms with E-state index in [-0.39, 0.29) is 24.6 Å². The van der Waals surface area contributed by atoms with E-state index in [0.717, 1.165) is 0 Å². The van der Waals surface area contributed by atoms with Crippen LogP contribution in [0.3, 0.4) is 0 Å². The highest BCUT2D eigenvalue weighted by molar-refractivity contribution is 7.90. The summed E-state index contributed by atoms with van der Waals surface area (Å²) >= 11 is 0. The SMILES string of the molecule is CCS(=O)(=O)NCCS(=O)(=O)N[C@@H](CC(C)C)C(=O)O. The first-order valence-corrected chi connectivity index (χ1v) is 9.49. The Kier molecular flexibility index (Phi) is 7.63. The van der Waals surface area contributed by atoms with Crippen LogP contribution in [0.5, 0.6) is 0 Å². The van der Waals surface area contributed by atoms with Gasteiger partial charge in [0, 0.05) is 6.54 Å². The zero-order chi connectivity index (χ0) is 16.0. The van der Waals surface area contributed by atoms with Crippen LogP contribution in [0, 0.1) is 5.92 Å². The number of hydrogen-bond donors (Lipinski definition) is 3. The van der Waals surface area contributed by atoms with Gasteiger partial charge in [-0.25, -0.2) is 26.3 Å². The summed E-state index contributed by atoms with van der Waals surface area (Å²) in [4.78, 5) is 11.0. The van der Waals surface area contributed by atoms with Crippen molar-refractivity contribution < 1.29 is 26.7 Å². The Labute approximate surface area is 120 Å². The van der Waals surface area contributed by atoms with Gasteiger partial charge >= 0.3 is 5.97 Å². The number of nitrogens with one attached hydrogen (secondary N) is 2. The number of carbonyl (C=O) groups is 1. The van der Waals surface area contributed by atoms with Gasteiger partial charge in [-0.15, -0.1) is 0 Å². The quantitative estimate of drug-likeness (QED) is 0.488. The third-order valence-electron chi connectivity index (χ3n) is 2.40. The molecule has 0 amide bonds. The van der Waals surface area contributed by atoms with Crippen molar-refractivity contribution in [3.63, 3.8) is 0 Å². The van der Waals surface area contributed by atoms with E-state index in [1.807, 2.05) is 0 Å². The van der Waals surface area contributed by atoms with Gasteiger partial charge in [0.1, 0.15) is 6.04 Å². The third kappa shape index (κ3) is 8.46. The molecule has 0 aliphatic carbocycles. The lowest BCUT2D eigenvalue weighted by molar-refractivity contribution is -0.139. The Bertz CT molecular complexity index is 512. The van der Waals surface area contributed by atoms with E-state index in [0.29, 0.717) is 0 Å². The number of carboxylic acids is 1. The zero-order valence-electron chi connectivity index (χ0n) is 11.8. The fourth-order valence-corrected chi connectivity index (χ4v) is 3.25. The first-order valence-electron chi connectivity index (χ1n) is 6.19. The predicted molar refractivity (Wildman–Crippen MR) is 75.3 cm³/mol. The van der Waals surface area contributed by atoms with Gasteiger partial charge in [0.05, 0.1) is 11.5 Å². The number of rotatable bonds is 10. The minimum absolute atomic E-state index is 0.0115. The van der Waals surface area contributed by atoms with Crippen LogP contribution in [0.15, 0.2) is 0 Å². The molecule has 0 saturated heterocycles. The molecule has 0 fully saturated rings. The molecule has 20 heavy (non-hydrogen) atoms. The molecule has 8 nitrogen and oxygen atoms in total. The summed E-state index contributed by atoms with van der Waals surface area (Å²) in [6.45, 7) is 4.69. The molecule has 0 bridgehead atoms. The minimum atomic E-state index is -3.86. The number of aliphatic carboxylic acids is 1. The van der Waals surface area contributed by atoms with Crippen LogP contribution >= 0.6 is 0 Å². The van der Waals surface area contributed by atoms with Crippen molar-refractivity contribution >= 4 is 26.0 Å². The van der Waals surface area contributed by atoms with Crippen molar-refractivity contribution in [2.75, 3.05) is 18.1 Å². The third-order valence-corrected chi connectivity index (χ3v) is 5.19. The molecular formula is C10H22N2O6S2. The lowest BCUT2D eigenvalue weighted by Crippen LogP contribution is -2.44. The Morgan fingerprint density at radius 3 is 2.10 bits per heavy atom. The summed E-state index contributed by atoms with van der Waals surface area (Å²) < 4.78 is 49.8. The normalized spacial score (nSPS) is 14.4. The maximum absolute atomic E-state index is 11.7. The average molecular weight is 330 g/mol. The molecule has 0 aromatic heterocycles. The van der Waals surface area contributed by atoms with Crippen molar-refractivity contribution in [3.8, 4) is 0 Å². The molecule has 0 spiro atoms. The summed E-state index contributed by atoms with van der Waals surface area (Å²) in [5.41, 5.74) is 0. The molecule has 0 unspecified atom stereocenters. The highest BCUT2D eigenvalue weighted by Gasteiger charge is 2.24. The van der Waals surface area contributed by atoms with Gasteiger partial charge in [-0.05, 0) is 19.3 Å². The van der Waals surface area contributed by atoms with E-state index in [1.165, 1.54) is 6.92 Å². The maximum atomic E-state index is 11.7. The van der Waals surface area contributed by atoms with Gasteiger partial charge in [-0.1, -0.05) is 13.8 Å². The molecule has 1 atom stereocenters. The van der Waals surface area contributed by atoms with Crippen LogP contribution in [0.4, 0.5) is 0 Å². The molecule has 0 aliphatic heterocycles. The van der Waals surface area contributed by atoms with Crippen molar-refractivity contribution in [2.45, 2.75) is 33.2 Å². The molecule has 0 aromatic carbocycles. The topological polar surface area (TPSA) is 130 Å². The monoisotopic (exact) mass is 330 g/mol. The standard InChI is InChI=1S/C10H22N2O6S2/c1-4-19(15,16)11-5-6-20(17,18)12-9(10(13)14)7-8(2)3/h8-9,11-12H,4-7H2,1-3H3,(H,13,14)/t9-/m0/s1. The molecule has 0 saturated carbocycles. The van der Waals surface area contributed by atoms with E-state index in [2.05, 4.69) is 9.44 Å². The second kappa shape index (κ2) is 7.91. The second-order valence-corrected chi connectivity index (χ2v) is 8.72. The number of sulfonamides is 2. The zero-order valence-corrected chi connectivity index (χ0v) is 13.4. The Balaban J connectivity index is 4.53. The first-order chi connectivity index (χ1) is 8.99. The molecule has 120 valence electrons. The van der Waals surface area contributed by atoms with Crippen LogP contribution in [-0.2, 0) is 24.8 Å². The first kappa shape index (κ1) is 19.3. The van der Waals surface area contributed by atoms with E-state index >= 15 is 0 Å². The molecule has 0 radical (unpaired) electrons. The summed E-state index contributed by atoms with van der Waals surface area (Å²) in [7, 11) is -7.32.